The van der Waals surface area contributed by atoms with Crippen molar-refractivity contribution in [3.05, 3.63) is 35.9 Å². The lowest BCUT2D eigenvalue weighted by molar-refractivity contribution is -0.150. The summed E-state index contributed by atoms with van der Waals surface area (Å²) in [5.41, 5.74) is 1.07. The maximum atomic E-state index is 12.5. The molecule has 0 heterocycles. The second-order valence-electron chi connectivity index (χ2n) is 4.98. The van der Waals surface area contributed by atoms with Crippen molar-refractivity contribution in [3.8, 4) is 0 Å². The van der Waals surface area contributed by atoms with Crippen LogP contribution in [0.3, 0.4) is 0 Å². The third-order valence-electron chi connectivity index (χ3n) is 3.11. The number of rotatable bonds is 8. The van der Waals surface area contributed by atoms with Gasteiger partial charge in [0.15, 0.2) is 0 Å². The Hall–Kier alpha value is -1.16. The molecule has 1 aromatic carbocycles. The molecule has 21 heavy (non-hydrogen) atoms. The lowest BCUT2D eigenvalue weighted by Crippen LogP contribution is -2.23. The number of esters is 1. The molecule has 0 spiro atoms. The SMILES string of the molecule is COP(=O)(OC)[C@@H](CCc1ccccc1)OC(=O)C(C)C. The van der Waals surface area contributed by atoms with Gasteiger partial charge in [-0.2, -0.15) is 0 Å². The van der Waals surface area contributed by atoms with Crippen LogP contribution in [0.4, 0.5) is 0 Å². The van der Waals surface area contributed by atoms with Crippen LogP contribution < -0.4 is 0 Å². The second kappa shape index (κ2) is 8.32. The first kappa shape index (κ1) is 17.9. The molecule has 0 radical (unpaired) electrons. The monoisotopic (exact) mass is 314 g/mol. The van der Waals surface area contributed by atoms with Gasteiger partial charge < -0.3 is 13.8 Å². The zero-order valence-corrected chi connectivity index (χ0v) is 13.8. The van der Waals surface area contributed by atoms with E-state index in [9.17, 15) is 9.36 Å². The molecule has 0 aliphatic rings. The quantitative estimate of drug-likeness (QED) is 0.541. The molecular weight excluding hydrogens is 291 g/mol. The van der Waals surface area contributed by atoms with Gasteiger partial charge in [-0.15, -0.1) is 0 Å². The Morgan fingerprint density at radius 3 is 2.19 bits per heavy atom. The number of aryl methyl sites for hydroxylation is 1. The molecule has 0 bridgehead atoms. The Kier molecular flexibility index (Phi) is 7.09. The molecule has 0 saturated carbocycles. The normalized spacial score (nSPS) is 13.2. The van der Waals surface area contributed by atoms with Gasteiger partial charge in [-0.3, -0.25) is 9.36 Å². The molecule has 0 amide bonds. The minimum atomic E-state index is -3.46. The zero-order valence-electron chi connectivity index (χ0n) is 12.9. The van der Waals surface area contributed by atoms with Gasteiger partial charge in [0.2, 0.25) is 5.85 Å². The summed E-state index contributed by atoms with van der Waals surface area (Å²) in [5.74, 6) is -1.61. The van der Waals surface area contributed by atoms with Crippen molar-refractivity contribution in [1.29, 1.82) is 0 Å². The van der Waals surface area contributed by atoms with Crippen LogP contribution in [-0.2, 0) is 29.6 Å². The Labute approximate surface area is 126 Å². The molecule has 0 N–H and O–H groups in total. The third-order valence-corrected chi connectivity index (χ3v) is 5.19. The number of benzene rings is 1. The van der Waals surface area contributed by atoms with E-state index in [2.05, 4.69) is 0 Å². The molecule has 1 atom stereocenters. The first-order chi connectivity index (χ1) is 9.92. The summed E-state index contributed by atoms with van der Waals surface area (Å²) < 4.78 is 27.8. The van der Waals surface area contributed by atoms with Crippen LogP contribution >= 0.6 is 7.60 Å². The maximum absolute atomic E-state index is 12.5. The Morgan fingerprint density at radius 1 is 1.14 bits per heavy atom. The maximum Gasteiger partial charge on any atom is 0.370 e. The Bertz CT molecular complexity index is 478. The highest BCUT2D eigenvalue weighted by molar-refractivity contribution is 7.54. The van der Waals surface area contributed by atoms with E-state index in [0.717, 1.165) is 5.56 Å². The third kappa shape index (κ3) is 5.27. The molecular formula is C15H23O5P. The molecule has 1 aromatic rings. The molecule has 0 aliphatic heterocycles. The minimum absolute atomic E-state index is 0.300. The van der Waals surface area contributed by atoms with Gasteiger partial charge >= 0.3 is 13.6 Å². The van der Waals surface area contributed by atoms with E-state index in [1.807, 2.05) is 30.3 Å². The highest BCUT2D eigenvalue weighted by Crippen LogP contribution is 2.53. The predicted octanol–water partition coefficient (Wildman–Crippen LogP) is 3.63. The molecule has 6 heteroatoms. The van der Waals surface area contributed by atoms with Gasteiger partial charge in [0.1, 0.15) is 0 Å². The van der Waals surface area contributed by atoms with Crippen molar-refractivity contribution in [1.82, 2.24) is 0 Å². The van der Waals surface area contributed by atoms with E-state index in [1.165, 1.54) is 14.2 Å². The fourth-order valence-electron chi connectivity index (χ4n) is 1.80. The van der Waals surface area contributed by atoms with Crippen LogP contribution in [0.25, 0.3) is 0 Å². The summed E-state index contributed by atoms with van der Waals surface area (Å²) in [6, 6.07) is 9.71. The van der Waals surface area contributed by atoms with Crippen molar-refractivity contribution in [2.45, 2.75) is 32.5 Å². The molecule has 0 aliphatic carbocycles. The van der Waals surface area contributed by atoms with Crippen molar-refractivity contribution < 1.29 is 23.1 Å². The van der Waals surface area contributed by atoms with E-state index < -0.39 is 19.4 Å². The first-order valence-electron chi connectivity index (χ1n) is 6.88. The summed E-state index contributed by atoms with van der Waals surface area (Å²) in [7, 11) is -0.876. The molecule has 0 saturated heterocycles. The van der Waals surface area contributed by atoms with Crippen LogP contribution in [0.5, 0.6) is 0 Å². The lowest BCUT2D eigenvalue weighted by Gasteiger charge is -2.25. The molecule has 0 unspecified atom stereocenters. The summed E-state index contributed by atoms with van der Waals surface area (Å²) >= 11 is 0. The molecule has 5 nitrogen and oxygen atoms in total. The largest absolute Gasteiger partial charge is 0.449 e. The van der Waals surface area contributed by atoms with E-state index in [-0.39, 0.29) is 5.92 Å². The average molecular weight is 314 g/mol. The first-order valence-corrected chi connectivity index (χ1v) is 8.49. The van der Waals surface area contributed by atoms with Gasteiger partial charge in [0.05, 0.1) is 5.92 Å². The summed E-state index contributed by atoms with van der Waals surface area (Å²) in [6.45, 7) is 3.45. The number of carbonyl (C=O) groups is 1. The fraction of sp³-hybridized carbons (Fsp3) is 0.533. The average Bonchev–Trinajstić information content (AvgIpc) is 2.51. The van der Waals surface area contributed by atoms with Gasteiger partial charge in [-0.1, -0.05) is 44.2 Å². The number of hydrogen-bond donors (Lipinski definition) is 0. The number of hydrogen-bond acceptors (Lipinski definition) is 5. The van der Waals surface area contributed by atoms with Gasteiger partial charge in [0.25, 0.3) is 0 Å². The smallest absolute Gasteiger partial charge is 0.370 e. The number of carbonyl (C=O) groups excluding carboxylic acids is 1. The van der Waals surface area contributed by atoms with E-state index >= 15 is 0 Å². The molecule has 1 rings (SSSR count). The highest BCUT2D eigenvalue weighted by atomic mass is 31.2. The highest BCUT2D eigenvalue weighted by Gasteiger charge is 2.37. The van der Waals surface area contributed by atoms with Crippen molar-refractivity contribution in [2.75, 3.05) is 14.2 Å². The lowest BCUT2D eigenvalue weighted by atomic mass is 10.1. The second-order valence-corrected chi connectivity index (χ2v) is 7.36. The van der Waals surface area contributed by atoms with Crippen LogP contribution in [0.15, 0.2) is 30.3 Å². The van der Waals surface area contributed by atoms with E-state index in [4.69, 9.17) is 13.8 Å². The van der Waals surface area contributed by atoms with Crippen LogP contribution in [-0.4, -0.2) is 26.0 Å². The van der Waals surface area contributed by atoms with Crippen molar-refractivity contribution >= 4 is 13.6 Å². The topological polar surface area (TPSA) is 61.8 Å². The van der Waals surface area contributed by atoms with Crippen LogP contribution in [0, 0.1) is 5.92 Å². The summed E-state index contributed by atoms with van der Waals surface area (Å²) in [4.78, 5) is 11.8. The van der Waals surface area contributed by atoms with E-state index in [0.29, 0.717) is 12.8 Å². The minimum Gasteiger partial charge on any atom is -0.449 e. The number of ether oxygens (including phenoxy) is 1. The summed E-state index contributed by atoms with van der Waals surface area (Å²) in [5, 5.41) is 0. The van der Waals surface area contributed by atoms with Crippen molar-refractivity contribution in [3.63, 3.8) is 0 Å². The molecule has 118 valence electrons. The molecule has 0 aromatic heterocycles. The Balaban J connectivity index is 2.81. The standard InChI is InChI=1S/C15H23O5P/c1-12(2)15(16)20-14(21(17,18-3)19-4)11-10-13-8-6-5-7-9-13/h5-9,12,14H,10-11H2,1-4H3/t14-/m0/s1. The fourth-order valence-corrected chi connectivity index (χ4v) is 3.09. The van der Waals surface area contributed by atoms with Gasteiger partial charge in [0, 0.05) is 20.6 Å². The predicted molar refractivity (Wildman–Crippen MR) is 81.1 cm³/mol. The van der Waals surface area contributed by atoms with Gasteiger partial charge in [-0.05, 0) is 12.0 Å². The van der Waals surface area contributed by atoms with Crippen LogP contribution in [0.1, 0.15) is 25.8 Å². The van der Waals surface area contributed by atoms with E-state index in [1.54, 1.807) is 13.8 Å². The molecule has 0 fully saturated rings. The van der Waals surface area contributed by atoms with Gasteiger partial charge in [-0.25, -0.2) is 0 Å². The Morgan fingerprint density at radius 2 is 1.71 bits per heavy atom. The van der Waals surface area contributed by atoms with Crippen molar-refractivity contribution in [2.24, 2.45) is 5.92 Å². The van der Waals surface area contributed by atoms with Crippen LogP contribution in [0.2, 0.25) is 0 Å². The summed E-state index contributed by atoms with van der Waals surface area (Å²) in [6.07, 6.45) is 0.995. The zero-order chi connectivity index (χ0) is 15.9.